The summed E-state index contributed by atoms with van der Waals surface area (Å²) in [6, 6.07) is 19.8. The predicted molar refractivity (Wildman–Crippen MR) is 117 cm³/mol. The number of carbonyl (C=O) groups is 1. The molecule has 150 valence electrons. The Hall–Kier alpha value is -3.45. The molecular formula is C23H19N3O3S. The Labute approximate surface area is 177 Å². The lowest BCUT2D eigenvalue weighted by molar-refractivity contribution is -0.113. The van der Waals surface area contributed by atoms with Crippen LogP contribution in [0.5, 0.6) is 11.5 Å². The Balaban J connectivity index is 1.24. The number of rotatable bonds is 6. The van der Waals surface area contributed by atoms with Crippen molar-refractivity contribution in [2.45, 2.75) is 11.7 Å². The van der Waals surface area contributed by atoms with Crippen LogP contribution in [0.4, 0.5) is 5.69 Å². The number of carbonyl (C=O) groups excluding carboxylic acids is 1. The van der Waals surface area contributed by atoms with E-state index >= 15 is 0 Å². The first-order valence-electron chi connectivity index (χ1n) is 9.56. The van der Waals surface area contributed by atoms with E-state index in [0.717, 1.165) is 38.7 Å². The summed E-state index contributed by atoms with van der Waals surface area (Å²) in [5, 5.41) is 5.94. The lowest BCUT2D eigenvalue weighted by Crippen LogP contribution is -2.15. The van der Waals surface area contributed by atoms with Crippen LogP contribution in [0.15, 0.2) is 78.2 Å². The van der Waals surface area contributed by atoms with Gasteiger partial charge in [-0.2, -0.15) is 0 Å². The van der Waals surface area contributed by atoms with Crippen LogP contribution in [0.2, 0.25) is 0 Å². The molecule has 0 bridgehead atoms. The summed E-state index contributed by atoms with van der Waals surface area (Å²) in [7, 11) is 0. The van der Waals surface area contributed by atoms with Gasteiger partial charge in [-0.3, -0.25) is 4.79 Å². The summed E-state index contributed by atoms with van der Waals surface area (Å²) < 4.78 is 12.8. The smallest absolute Gasteiger partial charge is 0.234 e. The van der Waals surface area contributed by atoms with E-state index in [2.05, 4.69) is 10.3 Å². The minimum absolute atomic E-state index is 0.0611. The molecule has 5 rings (SSSR count). The number of hydrogen-bond acceptors (Lipinski definition) is 5. The Morgan fingerprint density at radius 1 is 1.07 bits per heavy atom. The van der Waals surface area contributed by atoms with E-state index in [1.54, 1.807) is 6.20 Å². The Kier molecular flexibility index (Phi) is 5.03. The normalized spacial score (nSPS) is 12.3. The lowest BCUT2D eigenvalue weighted by Gasteiger charge is -2.10. The second-order valence-electron chi connectivity index (χ2n) is 6.89. The van der Waals surface area contributed by atoms with Crippen molar-refractivity contribution in [2.24, 2.45) is 0 Å². The van der Waals surface area contributed by atoms with Crippen molar-refractivity contribution in [1.29, 1.82) is 0 Å². The Bertz CT molecular complexity index is 1220. The molecule has 0 fully saturated rings. The van der Waals surface area contributed by atoms with E-state index in [1.807, 2.05) is 71.4 Å². The van der Waals surface area contributed by atoms with Crippen molar-refractivity contribution in [3.05, 3.63) is 78.6 Å². The van der Waals surface area contributed by atoms with Gasteiger partial charge in [-0.15, -0.1) is 0 Å². The molecule has 1 aliphatic rings. The maximum Gasteiger partial charge on any atom is 0.234 e. The van der Waals surface area contributed by atoms with Gasteiger partial charge in [0, 0.05) is 30.0 Å². The first-order valence-corrected chi connectivity index (χ1v) is 10.5. The number of benzene rings is 3. The van der Waals surface area contributed by atoms with E-state index in [4.69, 9.17) is 9.47 Å². The Morgan fingerprint density at radius 2 is 1.93 bits per heavy atom. The molecule has 2 heterocycles. The average molecular weight is 417 g/mol. The van der Waals surface area contributed by atoms with Gasteiger partial charge in [-0.25, -0.2) is 4.98 Å². The zero-order chi connectivity index (χ0) is 20.3. The van der Waals surface area contributed by atoms with Crippen molar-refractivity contribution < 1.29 is 14.3 Å². The van der Waals surface area contributed by atoms with E-state index in [0.29, 0.717) is 6.54 Å². The largest absolute Gasteiger partial charge is 0.454 e. The van der Waals surface area contributed by atoms with Crippen LogP contribution in [0.25, 0.3) is 10.8 Å². The van der Waals surface area contributed by atoms with E-state index < -0.39 is 0 Å². The predicted octanol–water partition coefficient (Wildman–Crippen LogP) is 4.54. The monoisotopic (exact) mass is 417 g/mol. The Morgan fingerprint density at radius 3 is 2.90 bits per heavy atom. The number of hydrogen-bond donors (Lipinski definition) is 1. The van der Waals surface area contributed by atoms with E-state index in [-0.39, 0.29) is 18.5 Å². The minimum Gasteiger partial charge on any atom is -0.454 e. The second kappa shape index (κ2) is 8.12. The number of amides is 1. The number of imidazole rings is 1. The van der Waals surface area contributed by atoms with Crippen LogP contribution in [0, 0.1) is 0 Å². The molecule has 3 aromatic carbocycles. The topological polar surface area (TPSA) is 65.4 Å². The zero-order valence-electron chi connectivity index (χ0n) is 16.1. The molecule has 0 spiro atoms. The zero-order valence-corrected chi connectivity index (χ0v) is 16.9. The number of nitrogens with zero attached hydrogens (tertiary/aromatic N) is 2. The van der Waals surface area contributed by atoms with Crippen LogP contribution in [-0.2, 0) is 11.3 Å². The van der Waals surface area contributed by atoms with Gasteiger partial charge >= 0.3 is 0 Å². The standard InChI is InChI=1S/C23H19N3O3S/c27-22(25-19-7-3-5-17-4-1-2-6-18(17)19)14-30-23-24-10-11-26(23)13-16-8-9-20-21(12-16)29-15-28-20/h1-12H,13-15H2,(H,25,27). The molecule has 30 heavy (non-hydrogen) atoms. The molecule has 0 radical (unpaired) electrons. The molecule has 1 amide bonds. The summed E-state index contributed by atoms with van der Waals surface area (Å²) >= 11 is 1.42. The van der Waals surface area contributed by atoms with Crippen molar-refractivity contribution in [2.75, 3.05) is 17.9 Å². The van der Waals surface area contributed by atoms with Gasteiger partial charge in [0.05, 0.1) is 5.75 Å². The summed E-state index contributed by atoms with van der Waals surface area (Å²) in [6.07, 6.45) is 3.66. The van der Waals surface area contributed by atoms with Crippen molar-refractivity contribution in [3.8, 4) is 11.5 Å². The molecule has 6 nitrogen and oxygen atoms in total. The third-order valence-electron chi connectivity index (χ3n) is 4.86. The third-order valence-corrected chi connectivity index (χ3v) is 5.87. The maximum atomic E-state index is 12.5. The highest BCUT2D eigenvalue weighted by Crippen LogP contribution is 2.33. The van der Waals surface area contributed by atoms with Gasteiger partial charge in [0.2, 0.25) is 12.7 Å². The summed E-state index contributed by atoms with van der Waals surface area (Å²) in [6.45, 7) is 0.903. The third kappa shape index (κ3) is 3.84. The molecule has 0 saturated carbocycles. The van der Waals surface area contributed by atoms with Crippen LogP contribution >= 0.6 is 11.8 Å². The SMILES string of the molecule is O=C(CSc1nccn1Cc1ccc2c(c1)OCO2)Nc1cccc2ccccc12. The summed E-state index contributed by atoms with van der Waals surface area (Å²) in [5.41, 5.74) is 1.90. The molecule has 0 aliphatic carbocycles. The summed E-state index contributed by atoms with van der Waals surface area (Å²) in [4.78, 5) is 17.0. The molecule has 1 N–H and O–H groups in total. The summed E-state index contributed by atoms with van der Waals surface area (Å²) in [5.74, 6) is 1.75. The number of thioether (sulfide) groups is 1. The number of aromatic nitrogens is 2. The fraction of sp³-hybridized carbons (Fsp3) is 0.130. The van der Waals surface area contributed by atoms with Gasteiger partial charge in [-0.1, -0.05) is 54.2 Å². The molecular weight excluding hydrogens is 398 g/mol. The average Bonchev–Trinajstić information content (AvgIpc) is 3.41. The van der Waals surface area contributed by atoms with E-state index in [1.165, 1.54) is 11.8 Å². The molecule has 0 saturated heterocycles. The van der Waals surface area contributed by atoms with Gasteiger partial charge in [0.15, 0.2) is 16.7 Å². The number of fused-ring (bicyclic) bond motifs is 2. The number of ether oxygens (including phenoxy) is 2. The van der Waals surface area contributed by atoms with Crippen LogP contribution < -0.4 is 14.8 Å². The second-order valence-corrected chi connectivity index (χ2v) is 7.83. The van der Waals surface area contributed by atoms with Crippen molar-refractivity contribution in [3.63, 3.8) is 0 Å². The van der Waals surface area contributed by atoms with Crippen LogP contribution in [-0.4, -0.2) is 28.0 Å². The molecule has 1 aliphatic heterocycles. The molecule has 0 unspecified atom stereocenters. The van der Waals surface area contributed by atoms with Gasteiger partial charge in [0.1, 0.15) is 0 Å². The van der Waals surface area contributed by atoms with Gasteiger partial charge in [-0.05, 0) is 29.1 Å². The fourth-order valence-corrected chi connectivity index (χ4v) is 4.20. The first-order chi connectivity index (χ1) is 14.8. The molecule has 0 atom stereocenters. The van der Waals surface area contributed by atoms with E-state index in [9.17, 15) is 4.79 Å². The van der Waals surface area contributed by atoms with Gasteiger partial charge in [0.25, 0.3) is 0 Å². The number of nitrogens with one attached hydrogen (secondary N) is 1. The number of anilines is 1. The van der Waals surface area contributed by atoms with Crippen molar-refractivity contribution >= 4 is 34.1 Å². The molecule has 1 aromatic heterocycles. The van der Waals surface area contributed by atoms with Crippen molar-refractivity contribution in [1.82, 2.24) is 9.55 Å². The molecule has 4 aromatic rings. The maximum absolute atomic E-state index is 12.5. The van der Waals surface area contributed by atoms with Crippen LogP contribution in [0.1, 0.15) is 5.56 Å². The quantitative estimate of drug-likeness (QED) is 0.467. The fourth-order valence-electron chi connectivity index (χ4n) is 3.44. The van der Waals surface area contributed by atoms with Crippen LogP contribution in [0.3, 0.4) is 0 Å². The van der Waals surface area contributed by atoms with Gasteiger partial charge < -0.3 is 19.4 Å². The minimum atomic E-state index is -0.0611. The highest BCUT2D eigenvalue weighted by Gasteiger charge is 2.14. The lowest BCUT2D eigenvalue weighted by atomic mass is 10.1. The highest BCUT2D eigenvalue weighted by atomic mass is 32.2. The first kappa shape index (κ1) is 18.6. The highest BCUT2D eigenvalue weighted by molar-refractivity contribution is 7.99. The molecule has 7 heteroatoms.